The van der Waals surface area contributed by atoms with Crippen molar-refractivity contribution in [2.45, 2.75) is 38.8 Å². The van der Waals surface area contributed by atoms with E-state index in [1.54, 1.807) is 45.0 Å². The molecule has 0 saturated carbocycles. The van der Waals surface area contributed by atoms with Gasteiger partial charge in [-0.1, -0.05) is 18.2 Å². The second-order valence-corrected chi connectivity index (χ2v) is 8.52. The van der Waals surface area contributed by atoms with Gasteiger partial charge < -0.3 is 14.8 Å². The van der Waals surface area contributed by atoms with Gasteiger partial charge in [0.15, 0.2) is 0 Å². The number of nitrogens with zero attached hydrogens (tertiary/aromatic N) is 1. The lowest BCUT2D eigenvalue weighted by atomic mass is 10.0. The highest BCUT2D eigenvalue weighted by atomic mass is 19.1. The standard InChI is InChI=1S/C24H23F3N2O5/c1-24(2,3)34-23(32)29-12-13(15-7-5-6-8-19(15)29)9-18(22(31)33-4)28-21(30)20-16(26)10-14(25)11-17(20)27/h5-8,10-12,18H,9H2,1-4H3,(H,28,30)/t18-/m1/s1. The van der Waals surface area contributed by atoms with Crippen LogP contribution in [0.5, 0.6) is 0 Å². The predicted octanol–water partition coefficient (Wildman–Crippen LogP) is 4.36. The minimum Gasteiger partial charge on any atom is -0.467 e. The number of para-hydroxylation sites is 1. The maximum Gasteiger partial charge on any atom is 0.419 e. The molecule has 0 radical (unpaired) electrons. The molecule has 0 bridgehead atoms. The molecule has 1 atom stereocenters. The topological polar surface area (TPSA) is 86.6 Å². The van der Waals surface area contributed by atoms with Crippen LogP contribution in [0.2, 0.25) is 0 Å². The largest absolute Gasteiger partial charge is 0.467 e. The monoisotopic (exact) mass is 476 g/mol. The van der Waals surface area contributed by atoms with Crippen LogP contribution >= 0.6 is 0 Å². The van der Waals surface area contributed by atoms with E-state index in [0.717, 1.165) is 7.11 Å². The Morgan fingerprint density at radius 1 is 1.06 bits per heavy atom. The molecular weight excluding hydrogens is 453 g/mol. The fourth-order valence-electron chi connectivity index (χ4n) is 3.42. The molecule has 7 nitrogen and oxygen atoms in total. The van der Waals surface area contributed by atoms with Crippen molar-refractivity contribution in [3.05, 3.63) is 71.2 Å². The zero-order chi connectivity index (χ0) is 25.2. The maximum absolute atomic E-state index is 14.0. The zero-order valence-corrected chi connectivity index (χ0v) is 18.9. The average molecular weight is 476 g/mol. The Kier molecular flexibility index (Phi) is 6.99. The number of halogens is 3. The fourth-order valence-corrected chi connectivity index (χ4v) is 3.42. The molecule has 0 fully saturated rings. The lowest BCUT2D eigenvalue weighted by Crippen LogP contribution is -2.43. The van der Waals surface area contributed by atoms with Crippen LogP contribution in [0.3, 0.4) is 0 Å². The molecular formula is C24H23F3N2O5. The van der Waals surface area contributed by atoms with Gasteiger partial charge in [-0.2, -0.15) is 0 Å². The fraction of sp³-hybridized carbons (Fsp3) is 0.292. The van der Waals surface area contributed by atoms with Crippen LogP contribution in [0.25, 0.3) is 10.9 Å². The number of carbonyl (C=O) groups is 3. The van der Waals surface area contributed by atoms with Crippen molar-refractivity contribution >= 4 is 28.9 Å². The molecule has 1 heterocycles. The van der Waals surface area contributed by atoms with Crippen LogP contribution in [0.1, 0.15) is 36.7 Å². The summed E-state index contributed by atoms with van der Waals surface area (Å²) in [6, 6.07) is 6.18. The highest BCUT2D eigenvalue weighted by Crippen LogP contribution is 2.24. The number of hydrogen-bond donors (Lipinski definition) is 1. The van der Waals surface area contributed by atoms with Crippen LogP contribution in [0.15, 0.2) is 42.6 Å². The summed E-state index contributed by atoms with van der Waals surface area (Å²) in [5, 5.41) is 2.83. The van der Waals surface area contributed by atoms with E-state index in [9.17, 15) is 27.6 Å². The summed E-state index contributed by atoms with van der Waals surface area (Å²) in [5.41, 5.74) is -0.824. The van der Waals surface area contributed by atoms with Gasteiger partial charge in [-0.25, -0.2) is 22.8 Å². The van der Waals surface area contributed by atoms with Gasteiger partial charge in [0.05, 0.1) is 12.6 Å². The Balaban J connectivity index is 1.96. The van der Waals surface area contributed by atoms with Gasteiger partial charge in [-0.15, -0.1) is 0 Å². The number of benzene rings is 2. The van der Waals surface area contributed by atoms with E-state index in [0.29, 0.717) is 28.6 Å². The summed E-state index contributed by atoms with van der Waals surface area (Å²) in [4.78, 5) is 37.6. The van der Waals surface area contributed by atoms with Crippen LogP contribution in [-0.2, 0) is 20.7 Å². The Labute approximate surface area is 193 Å². The van der Waals surface area contributed by atoms with Crippen LogP contribution in [0, 0.1) is 17.5 Å². The first-order valence-electron chi connectivity index (χ1n) is 10.3. The molecule has 0 aliphatic carbocycles. The van der Waals surface area contributed by atoms with Gasteiger partial charge in [0, 0.05) is 30.1 Å². The Morgan fingerprint density at radius 2 is 1.68 bits per heavy atom. The van der Waals surface area contributed by atoms with Crippen molar-refractivity contribution in [2.75, 3.05) is 7.11 Å². The Bertz CT molecular complexity index is 1240. The average Bonchev–Trinajstić information content (AvgIpc) is 3.09. The molecule has 34 heavy (non-hydrogen) atoms. The second kappa shape index (κ2) is 9.58. The minimum absolute atomic E-state index is 0.168. The summed E-state index contributed by atoms with van der Waals surface area (Å²) in [6.45, 7) is 5.15. The van der Waals surface area contributed by atoms with Crippen molar-refractivity contribution < 1.29 is 37.0 Å². The maximum atomic E-state index is 14.0. The van der Waals surface area contributed by atoms with Gasteiger partial charge in [0.1, 0.15) is 34.7 Å². The number of methoxy groups -OCH3 is 1. The van der Waals surface area contributed by atoms with Crippen LogP contribution in [-0.4, -0.2) is 41.3 Å². The van der Waals surface area contributed by atoms with Gasteiger partial charge >= 0.3 is 12.1 Å². The SMILES string of the molecule is COC(=O)[C@@H](Cc1cn(C(=O)OC(C)(C)C)c2ccccc12)NC(=O)c1c(F)cc(F)cc1F. The molecule has 0 spiro atoms. The molecule has 0 saturated heterocycles. The second-order valence-electron chi connectivity index (χ2n) is 8.52. The third-order valence-corrected chi connectivity index (χ3v) is 4.83. The number of carbonyl (C=O) groups excluding carboxylic acids is 3. The lowest BCUT2D eigenvalue weighted by Gasteiger charge is -2.19. The number of aromatic nitrogens is 1. The van der Waals surface area contributed by atoms with Crippen LogP contribution in [0.4, 0.5) is 18.0 Å². The van der Waals surface area contributed by atoms with E-state index < -0.39 is 52.6 Å². The highest BCUT2D eigenvalue weighted by Gasteiger charge is 2.28. The highest BCUT2D eigenvalue weighted by molar-refractivity contribution is 5.98. The van der Waals surface area contributed by atoms with E-state index in [-0.39, 0.29) is 6.42 Å². The van der Waals surface area contributed by atoms with Crippen molar-refractivity contribution in [2.24, 2.45) is 0 Å². The smallest absolute Gasteiger partial charge is 0.419 e. The van der Waals surface area contributed by atoms with E-state index in [1.807, 2.05) is 0 Å². The molecule has 2 aromatic carbocycles. The summed E-state index contributed by atoms with van der Waals surface area (Å²) >= 11 is 0. The number of fused-ring (bicyclic) bond motifs is 1. The van der Waals surface area contributed by atoms with Crippen molar-refractivity contribution in [3.63, 3.8) is 0 Å². The molecule has 0 aliphatic heterocycles. The molecule has 1 N–H and O–H groups in total. The number of hydrogen-bond acceptors (Lipinski definition) is 5. The van der Waals surface area contributed by atoms with Crippen LogP contribution < -0.4 is 5.32 Å². The first-order valence-corrected chi connectivity index (χ1v) is 10.3. The number of rotatable bonds is 5. The molecule has 3 aromatic rings. The Hall–Kier alpha value is -3.82. The summed E-state index contributed by atoms with van der Waals surface area (Å²) < 4.78 is 52.7. The van der Waals surface area contributed by atoms with Crippen molar-refractivity contribution in [3.8, 4) is 0 Å². The number of ether oxygens (including phenoxy) is 2. The number of amides is 1. The van der Waals surface area contributed by atoms with Crippen molar-refractivity contribution in [1.82, 2.24) is 9.88 Å². The molecule has 10 heteroatoms. The molecule has 180 valence electrons. The third-order valence-electron chi connectivity index (χ3n) is 4.83. The summed E-state index contributed by atoms with van der Waals surface area (Å²) in [7, 11) is 1.09. The summed E-state index contributed by atoms with van der Waals surface area (Å²) in [6.07, 6.45) is 0.642. The first-order chi connectivity index (χ1) is 15.9. The Morgan fingerprint density at radius 3 is 2.26 bits per heavy atom. The van der Waals surface area contributed by atoms with E-state index in [1.165, 1.54) is 10.8 Å². The lowest BCUT2D eigenvalue weighted by molar-refractivity contribution is -0.142. The van der Waals surface area contributed by atoms with Gasteiger partial charge in [0.2, 0.25) is 0 Å². The zero-order valence-electron chi connectivity index (χ0n) is 18.9. The predicted molar refractivity (Wildman–Crippen MR) is 117 cm³/mol. The quantitative estimate of drug-likeness (QED) is 0.553. The van der Waals surface area contributed by atoms with Gasteiger partial charge in [-0.05, 0) is 32.4 Å². The van der Waals surface area contributed by atoms with Crippen molar-refractivity contribution in [1.29, 1.82) is 0 Å². The molecule has 3 rings (SSSR count). The normalized spacial score (nSPS) is 12.3. The number of nitrogens with one attached hydrogen (secondary N) is 1. The molecule has 1 aromatic heterocycles. The van der Waals surface area contributed by atoms with E-state index in [4.69, 9.17) is 9.47 Å². The van der Waals surface area contributed by atoms with E-state index >= 15 is 0 Å². The molecule has 0 aliphatic rings. The minimum atomic E-state index is -1.42. The molecule has 0 unspecified atom stereocenters. The van der Waals surface area contributed by atoms with Gasteiger partial charge in [0.25, 0.3) is 5.91 Å². The third kappa shape index (κ3) is 5.38. The first kappa shape index (κ1) is 24.8. The van der Waals surface area contributed by atoms with Gasteiger partial charge in [-0.3, -0.25) is 9.36 Å². The molecule has 1 amide bonds. The van der Waals surface area contributed by atoms with E-state index in [2.05, 4.69) is 5.32 Å². The summed E-state index contributed by atoms with van der Waals surface area (Å²) in [5.74, 6) is -6.17. The number of esters is 1.